The molecule has 0 radical (unpaired) electrons. The number of nitrogens with one attached hydrogen (secondary N) is 2. The maximum absolute atomic E-state index is 5.30. The predicted octanol–water partition coefficient (Wildman–Crippen LogP) is 2.53. The van der Waals surface area contributed by atoms with Gasteiger partial charge in [0.25, 0.3) is 0 Å². The quantitative estimate of drug-likeness (QED) is 0.461. The number of hydrogen-bond donors (Lipinski definition) is 2. The highest BCUT2D eigenvalue weighted by atomic mass is 32.1. The summed E-state index contributed by atoms with van der Waals surface area (Å²) in [6, 6.07) is 0. The minimum atomic E-state index is 0.105. The lowest BCUT2D eigenvalue weighted by Gasteiger charge is -2.14. The van der Waals surface area contributed by atoms with Crippen molar-refractivity contribution in [1.29, 1.82) is 0 Å². The minimum absolute atomic E-state index is 0.105. The first-order valence-corrected chi connectivity index (χ1v) is 8.32. The molecule has 0 aliphatic carbocycles. The second kappa shape index (κ2) is 9.00. The lowest BCUT2D eigenvalue weighted by atomic mass is 9.93. The summed E-state index contributed by atoms with van der Waals surface area (Å²) in [5.41, 5.74) is 1.25. The van der Waals surface area contributed by atoms with E-state index in [0.29, 0.717) is 6.54 Å². The van der Waals surface area contributed by atoms with Crippen molar-refractivity contribution < 1.29 is 4.74 Å². The van der Waals surface area contributed by atoms with Gasteiger partial charge >= 0.3 is 0 Å². The van der Waals surface area contributed by atoms with E-state index in [2.05, 4.69) is 46.8 Å². The molecule has 0 fully saturated rings. The zero-order chi connectivity index (χ0) is 15.7. The summed E-state index contributed by atoms with van der Waals surface area (Å²) in [6.45, 7) is 11.6. The van der Waals surface area contributed by atoms with E-state index < -0.39 is 0 Å². The highest BCUT2D eigenvalue weighted by Gasteiger charge is 2.17. The van der Waals surface area contributed by atoms with Gasteiger partial charge in [-0.3, -0.25) is 4.99 Å². The molecule has 0 aliphatic heterocycles. The van der Waals surface area contributed by atoms with E-state index in [1.54, 1.807) is 18.4 Å². The van der Waals surface area contributed by atoms with Gasteiger partial charge in [-0.2, -0.15) is 0 Å². The summed E-state index contributed by atoms with van der Waals surface area (Å²) in [4.78, 5) is 8.87. The molecule has 1 aromatic heterocycles. The zero-order valence-electron chi connectivity index (χ0n) is 13.8. The maximum atomic E-state index is 5.30. The largest absolute Gasteiger partial charge is 0.382 e. The summed E-state index contributed by atoms with van der Waals surface area (Å²) in [6.07, 6.45) is 0.972. The molecule has 0 bridgehead atoms. The van der Waals surface area contributed by atoms with Gasteiger partial charge in [-0.25, -0.2) is 4.98 Å². The Morgan fingerprint density at radius 3 is 2.71 bits per heavy atom. The third-order valence-corrected chi connectivity index (χ3v) is 3.76. The fraction of sp³-hybridized carbons (Fsp3) is 0.733. The Morgan fingerprint density at radius 1 is 1.38 bits per heavy atom. The lowest BCUT2D eigenvalue weighted by molar-refractivity contribution is 0.145. The van der Waals surface area contributed by atoms with Crippen LogP contribution in [0.4, 0.5) is 0 Å². The van der Waals surface area contributed by atoms with Crippen molar-refractivity contribution in [2.45, 2.75) is 46.1 Å². The SMILES string of the molecule is CCOCCCNC(=NC)NCc1nc(C(C)(C)C)cs1. The fourth-order valence-electron chi connectivity index (χ4n) is 1.64. The van der Waals surface area contributed by atoms with E-state index in [9.17, 15) is 0 Å². The second-order valence-electron chi connectivity index (χ2n) is 5.78. The highest BCUT2D eigenvalue weighted by Crippen LogP contribution is 2.23. The van der Waals surface area contributed by atoms with E-state index in [-0.39, 0.29) is 5.41 Å². The van der Waals surface area contributed by atoms with E-state index >= 15 is 0 Å². The summed E-state index contributed by atoms with van der Waals surface area (Å²) in [5.74, 6) is 0.805. The van der Waals surface area contributed by atoms with Gasteiger partial charge in [-0.15, -0.1) is 11.3 Å². The predicted molar refractivity (Wildman–Crippen MR) is 90.1 cm³/mol. The van der Waals surface area contributed by atoms with Crippen LogP contribution in [-0.2, 0) is 16.7 Å². The van der Waals surface area contributed by atoms with E-state index in [1.807, 2.05) is 6.92 Å². The van der Waals surface area contributed by atoms with Crippen molar-refractivity contribution in [3.05, 3.63) is 16.1 Å². The fourth-order valence-corrected chi connectivity index (χ4v) is 2.60. The first kappa shape index (κ1) is 17.9. The molecule has 0 spiro atoms. The molecule has 2 N–H and O–H groups in total. The van der Waals surface area contributed by atoms with E-state index in [4.69, 9.17) is 4.74 Å². The van der Waals surface area contributed by atoms with Crippen LogP contribution in [0.2, 0.25) is 0 Å². The van der Waals surface area contributed by atoms with Gasteiger partial charge in [0.1, 0.15) is 5.01 Å². The van der Waals surface area contributed by atoms with Crippen LogP contribution in [0.5, 0.6) is 0 Å². The molecule has 0 atom stereocenters. The summed E-state index contributed by atoms with van der Waals surface area (Å²) in [5, 5.41) is 9.77. The summed E-state index contributed by atoms with van der Waals surface area (Å²) in [7, 11) is 1.78. The van der Waals surface area contributed by atoms with E-state index in [0.717, 1.165) is 42.8 Å². The van der Waals surface area contributed by atoms with Gasteiger partial charge in [0, 0.05) is 37.6 Å². The first-order chi connectivity index (χ1) is 9.97. The molecule has 1 aromatic rings. The van der Waals surface area contributed by atoms with Crippen LogP contribution in [0.1, 0.15) is 44.8 Å². The Labute approximate surface area is 132 Å². The molecule has 0 aromatic carbocycles. The molecule has 0 aliphatic rings. The number of guanidine groups is 1. The Kier molecular flexibility index (Phi) is 7.67. The van der Waals surface area contributed by atoms with Gasteiger partial charge in [-0.1, -0.05) is 20.8 Å². The smallest absolute Gasteiger partial charge is 0.191 e. The van der Waals surface area contributed by atoms with Crippen LogP contribution >= 0.6 is 11.3 Å². The van der Waals surface area contributed by atoms with Gasteiger partial charge in [0.05, 0.1) is 12.2 Å². The summed E-state index contributed by atoms with van der Waals surface area (Å²) >= 11 is 1.69. The van der Waals surface area contributed by atoms with Gasteiger partial charge in [0.2, 0.25) is 0 Å². The maximum Gasteiger partial charge on any atom is 0.191 e. The highest BCUT2D eigenvalue weighted by molar-refractivity contribution is 7.09. The van der Waals surface area contributed by atoms with Crippen molar-refractivity contribution in [2.75, 3.05) is 26.8 Å². The Balaban J connectivity index is 2.33. The topological polar surface area (TPSA) is 58.5 Å². The second-order valence-corrected chi connectivity index (χ2v) is 6.72. The molecule has 120 valence electrons. The van der Waals surface area contributed by atoms with Gasteiger partial charge in [0.15, 0.2) is 5.96 Å². The van der Waals surface area contributed by atoms with Crippen molar-refractivity contribution in [3.8, 4) is 0 Å². The Morgan fingerprint density at radius 2 is 2.14 bits per heavy atom. The van der Waals surface area contributed by atoms with Crippen LogP contribution in [0, 0.1) is 0 Å². The number of nitrogens with zero attached hydrogens (tertiary/aromatic N) is 2. The summed E-state index contributed by atoms with van der Waals surface area (Å²) < 4.78 is 5.30. The molecule has 1 rings (SSSR count). The van der Waals surface area contributed by atoms with Crippen molar-refractivity contribution in [1.82, 2.24) is 15.6 Å². The number of aliphatic imine (C=N–C) groups is 1. The van der Waals surface area contributed by atoms with Crippen molar-refractivity contribution in [3.63, 3.8) is 0 Å². The standard InChI is InChI=1S/C15H28N4OS/c1-6-20-9-7-8-17-14(16-5)18-10-13-19-12(11-21-13)15(2,3)4/h11H,6-10H2,1-5H3,(H2,16,17,18). The molecule has 0 saturated heterocycles. The number of thiazole rings is 1. The van der Waals surface area contributed by atoms with Crippen molar-refractivity contribution >= 4 is 17.3 Å². The van der Waals surface area contributed by atoms with Gasteiger partial charge < -0.3 is 15.4 Å². The average molecular weight is 312 g/mol. The van der Waals surface area contributed by atoms with Crippen LogP contribution in [-0.4, -0.2) is 37.7 Å². The lowest BCUT2D eigenvalue weighted by Crippen LogP contribution is -2.37. The molecular formula is C15H28N4OS. The Hall–Kier alpha value is -1.14. The first-order valence-electron chi connectivity index (χ1n) is 7.44. The van der Waals surface area contributed by atoms with Gasteiger partial charge in [-0.05, 0) is 13.3 Å². The van der Waals surface area contributed by atoms with Crippen LogP contribution in [0.15, 0.2) is 10.4 Å². The number of ether oxygens (including phenoxy) is 1. The molecule has 21 heavy (non-hydrogen) atoms. The molecular weight excluding hydrogens is 284 g/mol. The molecule has 0 amide bonds. The molecule has 5 nitrogen and oxygen atoms in total. The normalized spacial score (nSPS) is 12.5. The minimum Gasteiger partial charge on any atom is -0.382 e. The number of rotatable bonds is 7. The van der Waals surface area contributed by atoms with E-state index in [1.165, 1.54) is 0 Å². The number of hydrogen-bond acceptors (Lipinski definition) is 4. The monoisotopic (exact) mass is 312 g/mol. The Bertz CT molecular complexity index is 437. The average Bonchev–Trinajstić information content (AvgIpc) is 2.91. The molecule has 6 heteroatoms. The van der Waals surface area contributed by atoms with Crippen molar-refractivity contribution in [2.24, 2.45) is 4.99 Å². The third kappa shape index (κ3) is 6.91. The van der Waals surface area contributed by atoms with Crippen LogP contribution in [0.3, 0.4) is 0 Å². The third-order valence-electron chi connectivity index (χ3n) is 2.91. The molecule has 0 unspecified atom stereocenters. The van der Waals surface area contributed by atoms with Crippen LogP contribution in [0.25, 0.3) is 0 Å². The molecule has 0 saturated carbocycles. The zero-order valence-corrected chi connectivity index (χ0v) is 14.6. The molecule has 1 heterocycles. The number of aromatic nitrogens is 1. The van der Waals surface area contributed by atoms with Crippen LogP contribution < -0.4 is 10.6 Å².